The molecule has 1 heteroatoms. The van der Waals surface area contributed by atoms with Crippen LogP contribution < -0.4 is 0 Å². The molecule has 2 aliphatic rings. The van der Waals surface area contributed by atoms with Gasteiger partial charge < -0.3 is 0 Å². The minimum atomic E-state index is -0.153. The summed E-state index contributed by atoms with van der Waals surface area (Å²) in [5, 5.41) is 0. The minimum Gasteiger partial charge on any atom is -0.299 e. The third-order valence-corrected chi connectivity index (χ3v) is 5.24. The molecule has 0 amide bonds. The van der Waals surface area contributed by atoms with Crippen LogP contribution in [0.5, 0.6) is 0 Å². The molecule has 0 aromatic rings. The predicted octanol–water partition coefficient (Wildman–Crippen LogP) is 4.84. The minimum absolute atomic E-state index is 0.153. The lowest BCUT2D eigenvalue weighted by Crippen LogP contribution is -2.36. The summed E-state index contributed by atoms with van der Waals surface area (Å²) >= 11 is 0. The van der Waals surface area contributed by atoms with E-state index < -0.39 is 0 Å². The summed E-state index contributed by atoms with van der Waals surface area (Å²) in [6, 6.07) is 0. The number of carbonyl (C=O) groups excluding carboxylic acids is 1. The fourth-order valence-corrected chi connectivity index (χ4v) is 4.25. The lowest BCUT2D eigenvalue weighted by Gasteiger charge is -2.37. The fourth-order valence-electron chi connectivity index (χ4n) is 4.25. The molecule has 2 fully saturated rings. The highest BCUT2D eigenvalue weighted by Gasteiger charge is 2.41. The SMILES string of the molecule is CC1CCC(C(=O)C(C)(C)C)C2CCCCC2C1. The van der Waals surface area contributed by atoms with Crippen molar-refractivity contribution < 1.29 is 4.79 Å². The molecule has 0 aliphatic heterocycles. The maximum absolute atomic E-state index is 12.7. The quantitative estimate of drug-likeness (QED) is 0.650. The van der Waals surface area contributed by atoms with Gasteiger partial charge in [0, 0.05) is 11.3 Å². The molecule has 0 radical (unpaired) electrons. The summed E-state index contributed by atoms with van der Waals surface area (Å²) in [6.45, 7) is 8.68. The van der Waals surface area contributed by atoms with Gasteiger partial charge in [-0.25, -0.2) is 0 Å². The highest BCUT2D eigenvalue weighted by Crippen LogP contribution is 2.46. The Morgan fingerprint density at radius 3 is 2.33 bits per heavy atom. The summed E-state index contributed by atoms with van der Waals surface area (Å²) < 4.78 is 0. The molecule has 2 aliphatic carbocycles. The van der Waals surface area contributed by atoms with Gasteiger partial charge in [0.15, 0.2) is 0 Å². The van der Waals surface area contributed by atoms with Crippen molar-refractivity contribution in [2.24, 2.45) is 29.1 Å². The number of Topliss-reactive ketones (excluding diaryl/α,β-unsaturated/α-hetero) is 1. The number of carbonyl (C=O) groups is 1. The first-order valence-electron chi connectivity index (χ1n) is 7.94. The Hall–Kier alpha value is -0.330. The van der Waals surface area contributed by atoms with Crippen molar-refractivity contribution in [3.63, 3.8) is 0 Å². The van der Waals surface area contributed by atoms with Crippen LogP contribution in [0.25, 0.3) is 0 Å². The van der Waals surface area contributed by atoms with Crippen molar-refractivity contribution >= 4 is 5.78 Å². The molecule has 0 spiro atoms. The van der Waals surface area contributed by atoms with E-state index in [1.807, 2.05) is 0 Å². The van der Waals surface area contributed by atoms with E-state index in [0.29, 0.717) is 17.6 Å². The molecule has 1 nitrogen and oxygen atoms in total. The van der Waals surface area contributed by atoms with Crippen molar-refractivity contribution in [2.75, 3.05) is 0 Å². The fraction of sp³-hybridized carbons (Fsp3) is 0.941. The van der Waals surface area contributed by atoms with Gasteiger partial charge in [-0.3, -0.25) is 4.79 Å². The molecule has 4 atom stereocenters. The third-order valence-electron chi connectivity index (χ3n) is 5.24. The van der Waals surface area contributed by atoms with Crippen LogP contribution in [-0.4, -0.2) is 5.78 Å². The second-order valence-corrected chi connectivity index (χ2v) is 7.85. The Morgan fingerprint density at radius 2 is 1.67 bits per heavy atom. The lowest BCUT2D eigenvalue weighted by molar-refractivity contribution is -0.133. The van der Waals surface area contributed by atoms with E-state index in [1.165, 1.54) is 38.5 Å². The van der Waals surface area contributed by atoms with Gasteiger partial charge in [-0.2, -0.15) is 0 Å². The van der Waals surface area contributed by atoms with Crippen LogP contribution in [0, 0.1) is 29.1 Å². The van der Waals surface area contributed by atoms with Crippen molar-refractivity contribution in [1.82, 2.24) is 0 Å². The molecule has 104 valence electrons. The summed E-state index contributed by atoms with van der Waals surface area (Å²) in [6.07, 6.45) is 9.22. The first-order chi connectivity index (χ1) is 8.39. The summed E-state index contributed by atoms with van der Waals surface area (Å²) in [4.78, 5) is 12.7. The van der Waals surface area contributed by atoms with Crippen molar-refractivity contribution in [2.45, 2.75) is 72.6 Å². The molecule has 2 rings (SSSR count). The summed E-state index contributed by atoms with van der Waals surface area (Å²) in [5.74, 6) is 3.27. The van der Waals surface area contributed by atoms with E-state index in [9.17, 15) is 4.79 Å². The molecule has 2 saturated carbocycles. The molecule has 18 heavy (non-hydrogen) atoms. The van der Waals surface area contributed by atoms with Crippen LogP contribution in [0.1, 0.15) is 72.6 Å². The molecule has 0 N–H and O–H groups in total. The van der Waals surface area contributed by atoms with Crippen molar-refractivity contribution in [3.05, 3.63) is 0 Å². The number of ketones is 1. The van der Waals surface area contributed by atoms with Gasteiger partial charge in [-0.15, -0.1) is 0 Å². The smallest absolute Gasteiger partial charge is 0.141 e. The molecule has 0 aromatic heterocycles. The highest BCUT2D eigenvalue weighted by atomic mass is 16.1. The van der Waals surface area contributed by atoms with Gasteiger partial charge in [0.2, 0.25) is 0 Å². The van der Waals surface area contributed by atoms with Gasteiger partial charge in [-0.1, -0.05) is 53.4 Å². The second-order valence-electron chi connectivity index (χ2n) is 7.85. The van der Waals surface area contributed by atoms with Crippen LogP contribution in [0.4, 0.5) is 0 Å². The largest absolute Gasteiger partial charge is 0.299 e. The zero-order valence-electron chi connectivity index (χ0n) is 12.7. The molecule has 0 saturated heterocycles. The van der Waals surface area contributed by atoms with E-state index >= 15 is 0 Å². The van der Waals surface area contributed by atoms with Gasteiger partial charge in [-0.05, 0) is 37.0 Å². The summed E-state index contributed by atoms with van der Waals surface area (Å²) in [5.41, 5.74) is -0.153. The monoisotopic (exact) mass is 250 g/mol. The zero-order valence-corrected chi connectivity index (χ0v) is 12.7. The average Bonchev–Trinajstić information content (AvgIpc) is 2.45. The molecule has 0 heterocycles. The van der Waals surface area contributed by atoms with Crippen LogP contribution in [0.2, 0.25) is 0 Å². The van der Waals surface area contributed by atoms with E-state index in [0.717, 1.165) is 18.3 Å². The standard InChI is InChI=1S/C17H30O/c1-12-9-10-15(16(18)17(2,3)4)14-8-6-5-7-13(14)11-12/h12-15H,5-11H2,1-4H3. The summed E-state index contributed by atoms with van der Waals surface area (Å²) in [7, 11) is 0. The van der Waals surface area contributed by atoms with Crippen LogP contribution in [0.15, 0.2) is 0 Å². The first kappa shape index (κ1) is 14.1. The Kier molecular flexibility index (Phi) is 4.18. The van der Waals surface area contributed by atoms with Gasteiger partial charge in [0.25, 0.3) is 0 Å². The highest BCUT2D eigenvalue weighted by molar-refractivity contribution is 5.86. The Morgan fingerprint density at radius 1 is 1.00 bits per heavy atom. The van der Waals surface area contributed by atoms with Gasteiger partial charge >= 0.3 is 0 Å². The molecular weight excluding hydrogens is 220 g/mol. The average molecular weight is 250 g/mol. The number of hydrogen-bond donors (Lipinski definition) is 0. The lowest BCUT2D eigenvalue weighted by atomic mass is 9.67. The topological polar surface area (TPSA) is 17.1 Å². The molecule has 0 aromatic carbocycles. The van der Waals surface area contributed by atoms with Crippen molar-refractivity contribution in [3.8, 4) is 0 Å². The Labute approximate surface area is 113 Å². The second kappa shape index (κ2) is 5.35. The predicted molar refractivity (Wildman–Crippen MR) is 76.4 cm³/mol. The van der Waals surface area contributed by atoms with Crippen LogP contribution >= 0.6 is 0 Å². The van der Waals surface area contributed by atoms with E-state index in [-0.39, 0.29) is 5.41 Å². The molecule has 4 unspecified atom stereocenters. The van der Waals surface area contributed by atoms with Crippen LogP contribution in [-0.2, 0) is 4.79 Å². The normalized spacial score (nSPS) is 37.8. The van der Waals surface area contributed by atoms with Crippen LogP contribution in [0.3, 0.4) is 0 Å². The van der Waals surface area contributed by atoms with E-state index in [1.54, 1.807) is 0 Å². The number of hydrogen-bond acceptors (Lipinski definition) is 1. The van der Waals surface area contributed by atoms with Crippen molar-refractivity contribution in [1.29, 1.82) is 0 Å². The Balaban J connectivity index is 2.19. The van der Waals surface area contributed by atoms with E-state index in [4.69, 9.17) is 0 Å². The van der Waals surface area contributed by atoms with Gasteiger partial charge in [0.1, 0.15) is 5.78 Å². The zero-order chi connectivity index (χ0) is 13.3. The number of rotatable bonds is 1. The maximum atomic E-state index is 12.7. The van der Waals surface area contributed by atoms with Gasteiger partial charge in [0.05, 0.1) is 0 Å². The first-order valence-corrected chi connectivity index (χ1v) is 7.94. The molecule has 0 bridgehead atoms. The van der Waals surface area contributed by atoms with E-state index in [2.05, 4.69) is 27.7 Å². The Bertz CT molecular complexity index is 299. The third kappa shape index (κ3) is 2.97. The maximum Gasteiger partial charge on any atom is 0.141 e. The molecular formula is C17H30O. The number of fused-ring (bicyclic) bond motifs is 1.